The Morgan fingerprint density at radius 2 is 2.15 bits per heavy atom. The highest BCUT2D eigenvalue weighted by Gasteiger charge is 2.26. The molecule has 0 saturated carbocycles. The third-order valence-corrected chi connectivity index (χ3v) is 4.84. The zero-order valence-electron chi connectivity index (χ0n) is 12.9. The van der Waals surface area contributed by atoms with Crippen molar-refractivity contribution >= 4 is 11.8 Å². The summed E-state index contributed by atoms with van der Waals surface area (Å²) in [6.45, 7) is 5.41. The number of hydrogen-bond donors (Lipinski definition) is 1. The Balaban J connectivity index is 2.52. The standard InChI is InChI=1S/C16H25NO2S/c1-5-7-17-13-6-8-20-10-12-11(2)9-14(18-3)16(19-4)15(12)13/h9,13,17H,5-8,10H2,1-4H3. The van der Waals surface area contributed by atoms with Crippen molar-refractivity contribution < 1.29 is 9.47 Å². The van der Waals surface area contributed by atoms with Gasteiger partial charge in [0, 0.05) is 17.4 Å². The molecule has 1 atom stereocenters. The molecule has 4 heteroatoms. The molecule has 1 aromatic rings. The zero-order chi connectivity index (χ0) is 14.5. The van der Waals surface area contributed by atoms with E-state index in [0.29, 0.717) is 6.04 Å². The highest BCUT2D eigenvalue weighted by Crippen LogP contribution is 2.43. The van der Waals surface area contributed by atoms with Gasteiger partial charge in [-0.25, -0.2) is 0 Å². The van der Waals surface area contributed by atoms with Gasteiger partial charge < -0.3 is 14.8 Å². The second-order valence-electron chi connectivity index (χ2n) is 5.17. The number of nitrogens with one attached hydrogen (secondary N) is 1. The molecule has 0 bridgehead atoms. The minimum absolute atomic E-state index is 0.365. The third kappa shape index (κ3) is 3.07. The number of benzene rings is 1. The van der Waals surface area contributed by atoms with Crippen molar-refractivity contribution in [1.82, 2.24) is 5.32 Å². The maximum atomic E-state index is 5.68. The molecule has 0 aromatic heterocycles. The van der Waals surface area contributed by atoms with Crippen LogP contribution in [0.5, 0.6) is 11.5 Å². The Morgan fingerprint density at radius 3 is 2.80 bits per heavy atom. The lowest BCUT2D eigenvalue weighted by Gasteiger charge is -2.24. The van der Waals surface area contributed by atoms with Gasteiger partial charge in [-0.3, -0.25) is 0 Å². The summed E-state index contributed by atoms with van der Waals surface area (Å²) in [6.07, 6.45) is 2.28. The van der Waals surface area contributed by atoms with E-state index in [9.17, 15) is 0 Å². The van der Waals surface area contributed by atoms with Gasteiger partial charge >= 0.3 is 0 Å². The highest BCUT2D eigenvalue weighted by molar-refractivity contribution is 7.98. The first-order valence-electron chi connectivity index (χ1n) is 7.28. The highest BCUT2D eigenvalue weighted by atomic mass is 32.2. The van der Waals surface area contributed by atoms with Gasteiger partial charge in [-0.1, -0.05) is 6.92 Å². The van der Waals surface area contributed by atoms with Crippen molar-refractivity contribution in [3.05, 3.63) is 22.8 Å². The number of ether oxygens (including phenoxy) is 2. The predicted octanol–water partition coefficient (Wildman–Crippen LogP) is 3.69. The Labute approximate surface area is 126 Å². The summed E-state index contributed by atoms with van der Waals surface area (Å²) in [7, 11) is 3.45. The molecule has 0 saturated heterocycles. The molecule has 2 rings (SSSR count). The fourth-order valence-corrected chi connectivity index (χ4v) is 3.93. The van der Waals surface area contributed by atoms with Crippen molar-refractivity contribution in [1.29, 1.82) is 0 Å². The summed E-state index contributed by atoms with van der Waals surface area (Å²) in [5.41, 5.74) is 4.02. The van der Waals surface area contributed by atoms with Crippen LogP contribution >= 0.6 is 11.8 Å². The Kier molecular flexibility index (Phi) is 5.61. The first-order valence-corrected chi connectivity index (χ1v) is 8.43. The Hall–Kier alpha value is -0.870. The number of aryl methyl sites for hydroxylation is 1. The van der Waals surface area contributed by atoms with Crippen LogP contribution in [0.4, 0.5) is 0 Å². The van der Waals surface area contributed by atoms with Gasteiger partial charge in [0.1, 0.15) is 0 Å². The fourth-order valence-electron chi connectivity index (χ4n) is 2.80. The van der Waals surface area contributed by atoms with Crippen molar-refractivity contribution in [2.24, 2.45) is 0 Å². The van der Waals surface area contributed by atoms with Crippen LogP contribution in [0.3, 0.4) is 0 Å². The summed E-state index contributed by atoms with van der Waals surface area (Å²) < 4.78 is 11.2. The van der Waals surface area contributed by atoms with Crippen LogP contribution in [0.1, 0.15) is 42.5 Å². The molecule has 1 N–H and O–H groups in total. The van der Waals surface area contributed by atoms with E-state index >= 15 is 0 Å². The average molecular weight is 295 g/mol. The molecule has 0 radical (unpaired) electrons. The van der Waals surface area contributed by atoms with Gasteiger partial charge in [0.05, 0.1) is 14.2 Å². The quantitative estimate of drug-likeness (QED) is 0.897. The lowest BCUT2D eigenvalue weighted by atomic mass is 9.94. The fraction of sp³-hybridized carbons (Fsp3) is 0.625. The number of thioether (sulfide) groups is 1. The van der Waals surface area contributed by atoms with Crippen molar-refractivity contribution in [3.63, 3.8) is 0 Å². The Morgan fingerprint density at radius 1 is 1.35 bits per heavy atom. The van der Waals surface area contributed by atoms with Crippen LogP contribution in [0.15, 0.2) is 6.07 Å². The molecular formula is C16H25NO2S. The molecule has 1 aliphatic rings. The molecule has 20 heavy (non-hydrogen) atoms. The third-order valence-electron chi connectivity index (χ3n) is 3.83. The summed E-state index contributed by atoms with van der Waals surface area (Å²) in [5, 5.41) is 3.67. The SMILES string of the molecule is CCCNC1CCSCc2c(C)cc(OC)c(OC)c21. The molecule has 3 nitrogen and oxygen atoms in total. The second-order valence-corrected chi connectivity index (χ2v) is 6.27. The first kappa shape index (κ1) is 15.5. The number of fused-ring (bicyclic) bond motifs is 1. The maximum Gasteiger partial charge on any atom is 0.165 e. The van der Waals surface area contributed by atoms with E-state index < -0.39 is 0 Å². The minimum Gasteiger partial charge on any atom is -0.493 e. The normalized spacial score (nSPS) is 18.3. The summed E-state index contributed by atoms with van der Waals surface area (Å²) in [5.74, 6) is 4.00. The molecule has 1 unspecified atom stereocenters. The summed E-state index contributed by atoms with van der Waals surface area (Å²) >= 11 is 2.01. The van der Waals surface area contributed by atoms with Crippen molar-refractivity contribution in [2.75, 3.05) is 26.5 Å². The van der Waals surface area contributed by atoms with Crippen LogP contribution in [0.25, 0.3) is 0 Å². The van der Waals surface area contributed by atoms with E-state index in [1.165, 1.54) is 22.4 Å². The summed E-state index contributed by atoms with van der Waals surface area (Å²) in [6, 6.07) is 2.46. The van der Waals surface area contributed by atoms with Crippen LogP contribution in [-0.2, 0) is 5.75 Å². The van der Waals surface area contributed by atoms with Crippen molar-refractivity contribution in [3.8, 4) is 11.5 Å². The molecule has 0 aliphatic carbocycles. The van der Waals surface area contributed by atoms with Crippen molar-refractivity contribution in [2.45, 2.75) is 38.5 Å². The van der Waals surface area contributed by atoms with E-state index in [2.05, 4.69) is 25.2 Å². The molecule has 0 spiro atoms. The number of methoxy groups -OCH3 is 2. The van der Waals surface area contributed by atoms with Crippen LogP contribution in [-0.4, -0.2) is 26.5 Å². The number of hydrogen-bond acceptors (Lipinski definition) is 4. The monoisotopic (exact) mass is 295 g/mol. The smallest absolute Gasteiger partial charge is 0.165 e. The predicted molar refractivity (Wildman–Crippen MR) is 86.1 cm³/mol. The zero-order valence-corrected chi connectivity index (χ0v) is 13.7. The maximum absolute atomic E-state index is 5.68. The van der Waals surface area contributed by atoms with Crippen LogP contribution < -0.4 is 14.8 Å². The number of rotatable bonds is 5. The van der Waals surface area contributed by atoms with E-state index in [0.717, 1.165) is 36.6 Å². The Bertz CT molecular complexity index is 462. The van der Waals surface area contributed by atoms with E-state index in [4.69, 9.17) is 9.47 Å². The van der Waals surface area contributed by atoms with Gasteiger partial charge in [0.15, 0.2) is 11.5 Å². The molecular weight excluding hydrogens is 270 g/mol. The van der Waals surface area contributed by atoms with E-state index in [-0.39, 0.29) is 0 Å². The van der Waals surface area contributed by atoms with E-state index in [1.807, 2.05) is 11.8 Å². The largest absolute Gasteiger partial charge is 0.493 e. The van der Waals surface area contributed by atoms with Crippen LogP contribution in [0, 0.1) is 6.92 Å². The lowest BCUT2D eigenvalue weighted by Crippen LogP contribution is -2.24. The second kappa shape index (κ2) is 7.23. The topological polar surface area (TPSA) is 30.5 Å². The van der Waals surface area contributed by atoms with Gasteiger partial charge in [-0.05, 0) is 49.3 Å². The molecule has 0 fully saturated rings. The van der Waals surface area contributed by atoms with Gasteiger partial charge in [-0.15, -0.1) is 0 Å². The molecule has 1 aliphatic heterocycles. The molecule has 1 heterocycles. The van der Waals surface area contributed by atoms with Gasteiger partial charge in [0.25, 0.3) is 0 Å². The summed E-state index contributed by atoms with van der Waals surface area (Å²) in [4.78, 5) is 0. The van der Waals surface area contributed by atoms with Crippen LogP contribution in [0.2, 0.25) is 0 Å². The van der Waals surface area contributed by atoms with Gasteiger partial charge in [-0.2, -0.15) is 11.8 Å². The molecule has 1 aromatic carbocycles. The van der Waals surface area contributed by atoms with E-state index in [1.54, 1.807) is 14.2 Å². The lowest BCUT2D eigenvalue weighted by molar-refractivity contribution is 0.345. The first-order chi connectivity index (χ1) is 9.72. The minimum atomic E-state index is 0.365. The molecule has 112 valence electrons. The van der Waals surface area contributed by atoms with Gasteiger partial charge in [0.2, 0.25) is 0 Å². The average Bonchev–Trinajstić information content (AvgIpc) is 2.68. The molecule has 0 amide bonds.